The minimum Gasteiger partial charge on any atom is -0.497 e. The first-order valence-corrected chi connectivity index (χ1v) is 6.87. The lowest BCUT2D eigenvalue weighted by molar-refractivity contribution is 0.0524. The van der Waals surface area contributed by atoms with Gasteiger partial charge in [0, 0.05) is 36.7 Å². The first kappa shape index (κ1) is 18.2. The third kappa shape index (κ3) is 5.14. The topological polar surface area (TPSA) is 73.6 Å². The third-order valence-corrected chi connectivity index (χ3v) is 2.87. The van der Waals surface area contributed by atoms with E-state index in [0.717, 1.165) is 12.1 Å². The molecule has 0 heterocycles. The Bertz CT molecular complexity index is 507. The lowest BCUT2D eigenvalue weighted by Gasteiger charge is -2.22. The molecule has 1 unspecified atom stereocenters. The van der Waals surface area contributed by atoms with Crippen LogP contribution in [0.4, 0.5) is 13.6 Å². The molecular weight excluding hydrogens is 294 g/mol. The molecule has 0 saturated heterocycles. The molecule has 1 rings (SSSR count). The lowest BCUT2D eigenvalue weighted by atomic mass is 9.97. The Hall–Kier alpha value is -1.89. The SMILES string of the molecule is COc1cc(F)c(C(CN)CNC(=O)OC(C)(C)C)c(F)c1. The minimum absolute atomic E-state index is 0.0318. The summed E-state index contributed by atoms with van der Waals surface area (Å²) >= 11 is 0. The van der Waals surface area contributed by atoms with Crippen LogP contribution in [0.25, 0.3) is 0 Å². The van der Waals surface area contributed by atoms with Crippen molar-refractivity contribution in [1.82, 2.24) is 5.32 Å². The van der Waals surface area contributed by atoms with E-state index in [-0.39, 0.29) is 24.4 Å². The van der Waals surface area contributed by atoms with Gasteiger partial charge in [0.15, 0.2) is 0 Å². The molecule has 22 heavy (non-hydrogen) atoms. The van der Waals surface area contributed by atoms with Crippen molar-refractivity contribution in [3.8, 4) is 5.75 Å². The Balaban J connectivity index is 2.83. The van der Waals surface area contributed by atoms with Crippen molar-refractivity contribution in [2.45, 2.75) is 32.3 Å². The molecule has 0 aromatic heterocycles. The first-order valence-electron chi connectivity index (χ1n) is 6.87. The maximum atomic E-state index is 14.0. The van der Waals surface area contributed by atoms with Gasteiger partial charge in [-0.1, -0.05) is 0 Å². The summed E-state index contributed by atoms with van der Waals surface area (Å²) in [5.41, 5.74) is 4.73. The molecule has 5 nitrogen and oxygen atoms in total. The van der Waals surface area contributed by atoms with Crippen LogP contribution >= 0.6 is 0 Å². The summed E-state index contributed by atoms with van der Waals surface area (Å²) in [5.74, 6) is -2.16. The third-order valence-electron chi connectivity index (χ3n) is 2.87. The summed E-state index contributed by atoms with van der Waals surface area (Å²) in [4.78, 5) is 11.6. The summed E-state index contributed by atoms with van der Waals surface area (Å²) in [5, 5.41) is 2.47. The van der Waals surface area contributed by atoms with Crippen molar-refractivity contribution in [2.75, 3.05) is 20.2 Å². The largest absolute Gasteiger partial charge is 0.497 e. The normalized spacial score (nSPS) is 12.7. The maximum absolute atomic E-state index is 14.0. The molecule has 1 aromatic rings. The summed E-state index contributed by atoms with van der Waals surface area (Å²) in [6.07, 6.45) is -0.666. The van der Waals surface area contributed by atoms with Gasteiger partial charge in [-0.15, -0.1) is 0 Å². The fraction of sp³-hybridized carbons (Fsp3) is 0.533. The van der Waals surface area contributed by atoms with E-state index in [1.165, 1.54) is 7.11 Å². The summed E-state index contributed by atoms with van der Waals surface area (Å²) < 4.78 is 37.9. The Labute approximate surface area is 128 Å². The van der Waals surface area contributed by atoms with Crippen molar-refractivity contribution in [1.29, 1.82) is 0 Å². The predicted octanol–water partition coefficient (Wildman–Crippen LogP) is 2.54. The van der Waals surface area contributed by atoms with Crippen LogP contribution in [0.5, 0.6) is 5.75 Å². The molecule has 0 aliphatic rings. The Kier molecular flexibility index (Phi) is 6.11. The molecule has 0 spiro atoms. The standard InChI is InChI=1S/C15H22F2N2O3/c1-15(2,3)22-14(20)19-8-9(7-18)13-11(16)5-10(21-4)6-12(13)17/h5-6,9H,7-8,18H2,1-4H3,(H,19,20). The Morgan fingerprint density at radius 1 is 1.32 bits per heavy atom. The van der Waals surface area contributed by atoms with Crippen LogP contribution in [0.15, 0.2) is 12.1 Å². The summed E-state index contributed by atoms with van der Waals surface area (Å²) in [7, 11) is 1.32. The van der Waals surface area contributed by atoms with E-state index in [2.05, 4.69) is 5.32 Å². The number of hydrogen-bond donors (Lipinski definition) is 2. The van der Waals surface area contributed by atoms with Crippen LogP contribution in [0, 0.1) is 11.6 Å². The number of alkyl carbamates (subject to hydrolysis) is 1. The molecule has 7 heteroatoms. The lowest BCUT2D eigenvalue weighted by Crippen LogP contribution is -2.36. The first-order chi connectivity index (χ1) is 10.2. The number of carbonyl (C=O) groups is 1. The summed E-state index contributed by atoms with van der Waals surface area (Å²) in [6, 6.07) is 2.16. The second-order valence-electron chi connectivity index (χ2n) is 5.82. The molecular formula is C15H22F2N2O3. The molecule has 1 amide bonds. The van der Waals surface area contributed by atoms with E-state index in [4.69, 9.17) is 15.2 Å². The molecule has 3 N–H and O–H groups in total. The van der Waals surface area contributed by atoms with Gasteiger partial charge in [-0.25, -0.2) is 13.6 Å². The van der Waals surface area contributed by atoms with Gasteiger partial charge >= 0.3 is 6.09 Å². The highest BCUT2D eigenvalue weighted by Gasteiger charge is 2.22. The maximum Gasteiger partial charge on any atom is 0.407 e. The zero-order chi connectivity index (χ0) is 16.9. The average Bonchev–Trinajstić information content (AvgIpc) is 2.39. The molecule has 0 aliphatic heterocycles. The molecule has 0 radical (unpaired) electrons. The number of ether oxygens (including phenoxy) is 2. The highest BCUT2D eigenvalue weighted by atomic mass is 19.1. The number of nitrogens with one attached hydrogen (secondary N) is 1. The monoisotopic (exact) mass is 316 g/mol. The smallest absolute Gasteiger partial charge is 0.407 e. The molecule has 0 bridgehead atoms. The number of rotatable bonds is 5. The van der Waals surface area contributed by atoms with Gasteiger partial charge in [0.1, 0.15) is 23.0 Å². The van der Waals surface area contributed by atoms with E-state index in [9.17, 15) is 13.6 Å². The quantitative estimate of drug-likeness (QED) is 0.875. The van der Waals surface area contributed by atoms with Gasteiger partial charge < -0.3 is 20.5 Å². The second kappa shape index (κ2) is 7.40. The molecule has 0 saturated carbocycles. The van der Waals surface area contributed by atoms with Crippen molar-refractivity contribution < 1.29 is 23.0 Å². The van der Waals surface area contributed by atoms with E-state index >= 15 is 0 Å². The van der Waals surface area contributed by atoms with Gasteiger partial charge in [-0.05, 0) is 20.8 Å². The number of hydrogen-bond acceptors (Lipinski definition) is 4. The average molecular weight is 316 g/mol. The fourth-order valence-corrected chi connectivity index (χ4v) is 1.89. The molecule has 124 valence electrons. The van der Waals surface area contributed by atoms with Gasteiger partial charge in [0.2, 0.25) is 0 Å². The van der Waals surface area contributed by atoms with Gasteiger partial charge in [-0.2, -0.15) is 0 Å². The Morgan fingerprint density at radius 3 is 2.27 bits per heavy atom. The number of nitrogens with two attached hydrogens (primary N) is 1. The highest BCUT2D eigenvalue weighted by molar-refractivity contribution is 5.67. The van der Waals surface area contributed by atoms with Crippen LogP contribution in [0.3, 0.4) is 0 Å². The van der Waals surface area contributed by atoms with Crippen molar-refractivity contribution in [3.05, 3.63) is 29.3 Å². The van der Waals surface area contributed by atoms with E-state index in [1.807, 2.05) is 0 Å². The van der Waals surface area contributed by atoms with E-state index in [1.54, 1.807) is 20.8 Å². The zero-order valence-electron chi connectivity index (χ0n) is 13.2. The molecule has 1 atom stereocenters. The van der Waals surface area contributed by atoms with Crippen molar-refractivity contribution >= 4 is 6.09 Å². The van der Waals surface area contributed by atoms with E-state index < -0.39 is 29.2 Å². The number of methoxy groups -OCH3 is 1. The van der Waals surface area contributed by atoms with Gasteiger partial charge in [-0.3, -0.25) is 0 Å². The fourth-order valence-electron chi connectivity index (χ4n) is 1.89. The number of amides is 1. The van der Waals surface area contributed by atoms with Crippen molar-refractivity contribution in [3.63, 3.8) is 0 Å². The molecule has 0 aliphatic carbocycles. The van der Waals surface area contributed by atoms with E-state index in [0.29, 0.717) is 0 Å². The second-order valence-corrected chi connectivity index (χ2v) is 5.82. The minimum atomic E-state index is -0.765. The molecule has 0 fully saturated rings. The van der Waals surface area contributed by atoms with Crippen LogP contribution in [0.1, 0.15) is 32.3 Å². The van der Waals surface area contributed by atoms with Gasteiger partial charge in [0.05, 0.1) is 7.11 Å². The number of benzene rings is 1. The van der Waals surface area contributed by atoms with Crippen LogP contribution in [-0.4, -0.2) is 31.9 Å². The van der Waals surface area contributed by atoms with Crippen LogP contribution in [-0.2, 0) is 4.74 Å². The number of carbonyl (C=O) groups excluding carboxylic acids is 1. The van der Waals surface area contributed by atoms with Crippen LogP contribution < -0.4 is 15.8 Å². The predicted molar refractivity (Wildman–Crippen MR) is 78.9 cm³/mol. The zero-order valence-corrected chi connectivity index (χ0v) is 13.2. The highest BCUT2D eigenvalue weighted by Crippen LogP contribution is 2.26. The van der Waals surface area contributed by atoms with Gasteiger partial charge in [0.25, 0.3) is 0 Å². The van der Waals surface area contributed by atoms with Crippen LogP contribution in [0.2, 0.25) is 0 Å². The number of halogens is 2. The molecule has 1 aromatic carbocycles. The van der Waals surface area contributed by atoms with Crippen molar-refractivity contribution in [2.24, 2.45) is 5.73 Å². The Morgan fingerprint density at radius 2 is 1.86 bits per heavy atom. The summed E-state index contributed by atoms with van der Waals surface area (Å²) in [6.45, 7) is 5.09.